The molecule has 1 saturated heterocycles. The second kappa shape index (κ2) is 4.50. The highest BCUT2D eigenvalue weighted by Crippen LogP contribution is 2.33. The molecule has 1 aliphatic rings. The molecule has 0 spiro atoms. The Bertz CT molecular complexity index is 550. The van der Waals surface area contributed by atoms with E-state index in [4.69, 9.17) is 0 Å². The van der Waals surface area contributed by atoms with Crippen LogP contribution in [-0.2, 0) is 16.4 Å². The van der Waals surface area contributed by atoms with E-state index in [1.165, 1.54) is 12.1 Å². The lowest BCUT2D eigenvalue weighted by Gasteiger charge is -2.30. The lowest BCUT2D eigenvalue weighted by Crippen LogP contribution is -2.45. The molecule has 4 nitrogen and oxygen atoms in total. The number of hydrogen-bond acceptors (Lipinski definition) is 2. The average Bonchev–Trinajstić information content (AvgIpc) is 2.68. The van der Waals surface area contributed by atoms with Gasteiger partial charge in [-0.3, -0.25) is 10.1 Å². The summed E-state index contributed by atoms with van der Waals surface area (Å²) >= 11 is 0. The predicted octanol–water partition coefficient (Wildman–Crippen LogP) is 2.19. The number of imide groups is 1. The van der Waals surface area contributed by atoms with Gasteiger partial charge in [-0.15, -0.1) is 0 Å². The molecule has 108 valence electrons. The van der Waals surface area contributed by atoms with Crippen molar-refractivity contribution >= 4 is 11.9 Å². The second-order valence-corrected chi connectivity index (χ2v) is 5.19. The first-order valence-corrected chi connectivity index (χ1v) is 5.91. The molecule has 1 fully saturated rings. The summed E-state index contributed by atoms with van der Waals surface area (Å²) in [5.74, 6) is -0.486. The van der Waals surface area contributed by atoms with Gasteiger partial charge in [-0.1, -0.05) is 26.0 Å². The summed E-state index contributed by atoms with van der Waals surface area (Å²) in [6.07, 6.45) is -4.40. The summed E-state index contributed by atoms with van der Waals surface area (Å²) in [6.45, 7) is 3.37. The minimum Gasteiger partial charge on any atom is -0.325 e. The minimum atomic E-state index is -4.40. The van der Waals surface area contributed by atoms with Gasteiger partial charge in [0.05, 0.1) is 5.56 Å². The quantitative estimate of drug-likeness (QED) is 0.819. The van der Waals surface area contributed by atoms with E-state index in [0.717, 1.165) is 12.1 Å². The minimum absolute atomic E-state index is 0.486. The van der Waals surface area contributed by atoms with Crippen molar-refractivity contribution in [3.05, 3.63) is 35.4 Å². The van der Waals surface area contributed by atoms with Gasteiger partial charge in [0.25, 0.3) is 5.91 Å². The molecular weight excluding hydrogens is 273 g/mol. The van der Waals surface area contributed by atoms with Gasteiger partial charge in [-0.05, 0) is 17.7 Å². The second-order valence-electron chi connectivity index (χ2n) is 5.19. The maximum atomic E-state index is 12.5. The fourth-order valence-electron chi connectivity index (χ4n) is 2.18. The fraction of sp³-hybridized carbons (Fsp3) is 0.385. The van der Waals surface area contributed by atoms with E-state index in [2.05, 4.69) is 10.6 Å². The lowest BCUT2D eigenvalue weighted by molar-refractivity contribution is -0.137. The highest BCUT2D eigenvalue weighted by Gasteiger charge is 2.42. The van der Waals surface area contributed by atoms with Crippen molar-refractivity contribution in [2.24, 2.45) is 0 Å². The zero-order chi connectivity index (χ0) is 15.1. The van der Waals surface area contributed by atoms with Crippen LogP contribution in [0.15, 0.2) is 24.3 Å². The van der Waals surface area contributed by atoms with Gasteiger partial charge in [0.15, 0.2) is 0 Å². The summed E-state index contributed by atoms with van der Waals surface area (Å²) < 4.78 is 37.5. The Morgan fingerprint density at radius 1 is 1.00 bits per heavy atom. The van der Waals surface area contributed by atoms with E-state index < -0.39 is 35.1 Å². The summed E-state index contributed by atoms with van der Waals surface area (Å²) in [6, 6.07) is 3.16. The first-order valence-electron chi connectivity index (χ1n) is 5.91. The van der Waals surface area contributed by atoms with Crippen LogP contribution < -0.4 is 10.6 Å². The van der Waals surface area contributed by atoms with Crippen molar-refractivity contribution in [1.82, 2.24) is 10.6 Å². The Hall–Kier alpha value is -2.05. The van der Waals surface area contributed by atoms with Crippen LogP contribution in [0, 0.1) is 0 Å². The molecule has 1 aliphatic heterocycles. The number of hydrogen-bond donors (Lipinski definition) is 2. The van der Waals surface area contributed by atoms with Gasteiger partial charge >= 0.3 is 12.2 Å². The van der Waals surface area contributed by atoms with E-state index in [1.807, 2.05) is 0 Å². The Balaban J connectivity index is 2.30. The average molecular weight is 286 g/mol. The Kier molecular flexibility index (Phi) is 3.23. The van der Waals surface area contributed by atoms with Gasteiger partial charge in [0.1, 0.15) is 6.04 Å². The summed E-state index contributed by atoms with van der Waals surface area (Å²) in [7, 11) is 0. The van der Waals surface area contributed by atoms with Gasteiger partial charge in [-0.25, -0.2) is 4.79 Å². The molecule has 1 aromatic carbocycles. The SMILES string of the molecule is CC(C)(c1ccc(C(F)(F)F)cc1)C1NC(=O)NC1=O. The van der Waals surface area contributed by atoms with Crippen molar-refractivity contribution in [3.63, 3.8) is 0 Å². The molecule has 0 aromatic heterocycles. The normalized spacial score (nSPS) is 19.8. The molecule has 2 rings (SSSR count). The van der Waals surface area contributed by atoms with Gasteiger partial charge in [0.2, 0.25) is 0 Å². The van der Waals surface area contributed by atoms with Crippen molar-refractivity contribution in [2.75, 3.05) is 0 Å². The van der Waals surface area contributed by atoms with Crippen LogP contribution in [0.25, 0.3) is 0 Å². The molecule has 2 N–H and O–H groups in total. The molecule has 0 bridgehead atoms. The smallest absolute Gasteiger partial charge is 0.325 e. The van der Waals surface area contributed by atoms with Gasteiger partial charge < -0.3 is 5.32 Å². The third-order valence-corrected chi connectivity index (χ3v) is 3.45. The molecule has 7 heteroatoms. The lowest BCUT2D eigenvalue weighted by atomic mass is 9.77. The Morgan fingerprint density at radius 3 is 1.90 bits per heavy atom. The highest BCUT2D eigenvalue weighted by atomic mass is 19.4. The zero-order valence-electron chi connectivity index (χ0n) is 10.8. The maximum Gasteiger partial charge on any atom is 0.416 e. The number of halogens is 3. The monoisotopic (exact) mass is 286 g/mol. The van der Waals surface area contributed by atoms with Crippen LogP contribution >= 0.6 is 0 Å². The molecule has 0 saturated carbocycles. The highest BCUT2D eigenvalue weighted by molar-refractivity contribution is 6.05. The molecule has 1 atom stereocenters. The fourth-order valence-corrected chi connectivity index (χ4v) is 2.18. The van der Waals surface area contributed by atoms with E-state index in [0.29, 0.717) is 5.56 Å². The molecule has 3 amide bonds. The topological polar surface area (TPSA) is 58.2 Å². The molecular formula is C13H13F3N2O2. The number of carbonyl (C=O) groups excluding carboxylic acids is 2. The number of carbonyl (C=O) groups is 2. The van der Waals surface area contributed by atoms with Crippen LogP contribution in [0.3, 0.4) is 0 Å². The number of urea groups is 1. The first kappa shape index (κ1) is 14.4. The Labute approximate surface area is 113 Å². The van der Waals surface area contributed by atoms with Gasteiger partial charge in [0, 0.05) is 5.41 Å². The van der Waals surface area contributed by atoms with Crippen molar-refractivity contribution in [1.29, 1.82) is 0 Å². The largest absolute Gasteiger partial charge is 0.416 e. The van der Waals surface area contributed by atoms with Crippen molar-refractivity contribution in [3.8, 4) is 0 Å². The number of amides is 3. The first-order chi connectivity index (χ1) is 9.12. The molecule has 0 aliphatic carbocycles. The van der Waals surface area contributed by atoms with Crippen LogP contribution in [0.2, 0.25) is 0 Å². The number of benzene rings is 1. The number of nitrogens with one attached hydrogen (secondary N) is 2. The molecule has 1 unspecified atom stereocenters. The molecule has 1 aromatic rings. The van der Waals surface area contributed by atoms with Crippen molar-refractivity contribution in [2.45, 2.75) is 31.5 Å². The molecule has 0 radical (unpaired) electrons. The predicted molar refractivity (Wildman–Crippen MR) is 64.9 cm³/mol. The van der Waals surface area contributed by atoms with E-state index in [9.17, 15) is 22.8 Å². The van der Waals surface area contributed by atoms with Gasteiger partial charge in [-0.2, -0.15) is 13.2 Å². The zero-order valence-corrected chi connectivity index (χ0v) is 10.8. The van der Waals surface area contributed by atoms with E-state index in [-0.39, 0.29) is 0 Å². The standard InChI is InChI=1S/C13H13F3N2O2/c1-12(2,9-10(19)18-11(20)17-9)7-3-5-8(6-4-7)13(14,15)16/h3-6,9H,1-2H3,(H2,17,18,19,20). The molecule has 20 heavy (non-hydrogen) atoms. The Morgan fingerprint density at radius 2 is 1.50 bits per heavy atom. The number of alkyl halides is 3. The number of rotatable bonds is 2. The van der Waals surface area contributed by atoms with E-state index >= 15 is 0 Å². The third-order valence-electron chi connectivity index (χ3n) is 3.45. The van der Waals surface area contributed by atoms with Crippen LogP contribution in [0.1, 0.15) is 25.0 Å². The summed E-state index contributed by atoms with van der Waals surface area (Å²) in [4.78, 5) is 22.8. The summed E-state index contributed by atoms with van der Waals surface area (Å²) in [5.41, 5.74) is -1.04. The molecule has 1 heterocycles. The van der Waals surface area contributed by atoms with Crippen LogP contribution in [0.5, 0.6) is 0 Å². The van der Waals surface area contributed by atoms with Crippen molar-refractivity contribution < 1.29 is 22.8 Å². The summed E-state index contributed by atoms with van der Waals surface area (Å²) in [5, 5.41) is 4.57. The van der Waals surface area contributed by atoms with Crippen LogP contribution in [-0.4, -0.2) is 18.0 Å². The maximum absolute atomic E-state index is 12.5. The third kappa shape index (κ3) is 2.48. The van der Waals surface area contributed by atoms with Crippen LogP contribution in [0.4, 0.5) is 18.0 Å². The van der Waals surface area contributed by atoms with E-state index in [1.54, 1.807) is 13.8 Å².